The van der Waals surface area contributed by atoms with Crippen LogP contribution in [0.1, 0.15) is 12.0 Å². The normalized spacial score (nSPS) is 15.8. The maximum absolute atomic E-state index is 13.0. The molecule has 0 radical (unpaired) electrons. The van der Waals surface area contributed by atoms with Crippen molar-refractivity contribution < 1.29 is 14.0 Å². The summed E-state index contributed by atoms with van der Waals surface area (Å²) in [5.74, 6) is -0.813. The first-order valence-corrected chi connectivity index (χ1v) is 11.0. The average Bonchev–Trinajstić information content (AvgIpc) is 3.16. The first kappa shape index (κ1) is 21.1. The van der Waals surface area contributed by atoms with Crippen LogP contribution in [0.25, 0.3) is 0 Å². The van der Waals surface area contributed by atoms with Crippen LogP contribution < -0.4 is 5.32 Å². The summed E-state index contributed by atoms with van der Waals surface area (Å²) in [7, 11) is 0. The molecule has 1 N–H and O–H groups in total. The van der Waals surface area contributed by atoms with E-state index in [1.807, 2.05) is 54.6 Å². The highest BCUT2D eigenvalue weighted by Gasteiger charge is 2.34. The van der Waals surface area contributed by atoms with Gasteiger partial charge < -0.3 is 10.2 Å². The van der Waals surface area contributed by atoms with Gasteiger partial charge in [0.25, 0.3) is 0 Å². The standard InChI is InChI=1S/C25H23FN2O2S/c26-20-12-10-18(11-13-20)14-15-28-17-19(16-24(28)29)25(30)27-22-8-4-5-9-23(22)31-21-6-2-1-3-7-21/h1-13,19H,14-17H2,(H,27,30). The molecule has 0 aliphatic carbocycles. The third kappa shape index (κ3) is 5.52. The van der Waals surface area contributed by atoms with E-state index < -0.39 is 0 Å². The lowest BCUT2D eigenvalue weighted by Crippen LogP contribution is -2.30. The van der Waals surface area contributed by atoms with Crippen LogP contribution in [0.3, 0.4) is 0 Å². The molecule has 1 aliphatic heterocycles. The number of rotatable bonds is 7. The quantitative estimate of drug-likeness (QED) is 0.569. The van der Waals surface area contributed by atoms with Crippen molar-refractivity contribution in [2.75, 3.05) is 18.4 Å². The second-order valence-electron chi connectivity index (χ2n) is 7.52. The highest BCUT2D eigenvalue weighted by molar-refractivity contribution is 7.99. The van der Waals surface area contributed by atoms with Crippen molar-refractivity contribution in [3.63, 3.8) is 0 Å². The fraction of sp³-hybridized carbons (Fsp3) is 0.200. The molecule has 0 bridgehead atoms. The van der Waals surface area contributed by atoms with Crippen LogP contribution in [0.4, 0.5) is 10.1 Å². The zero-order valence-electron chi connectivity index (χ0n) is 17.0. The molecule has 4 rings (SSSR count). The Labute approximate surface area is 185 Å². The maximum atomic E-state index is 13.0. The van der Waals surface area contributed by atoms with Gasteiger partial charge in [-0.2, -0.15) is 0 Å². The Kier molecular flexibility index (Phi) is 6.67. The number of hydrogen-bond donors (Lipinski definition) is 1. The number of likely N-dealkylation sites (tertiary alicyclic amines) is 1. The SMILES string of the molecule is O=C(Nc1ccccc1Sc1ccccc1)C1CC(=O)N(CCc2ccc(F)cc2)C1. The maximum Gasteiger partial charge on any atom is 0.229 e. The molecule has 6 heteroatoms. The molecule has 31 heavy (non-hydrogen) atoms. The summed E-state index contributed by atoms with van der Waals surface area (Å²) < 4.78 is 13.0. The first-order chi connectivity index (χ1) is 15.1. The molecule has 1 unspecified atom stereocenters. The van der Waals surface area contributed by atoms with E-state index in [9.17, 15) is 14.0 Å². The second-order valence-corrected chi connectivity index (χ2v) is 8.63. The van der Waals surface area contributed by atoms with E-state index >= 15 is 0 Å². The van der Waals surface area contributed by atoms with Gasteiger partial charge in [0.2, 0.25) is 11.8 Å². The number of carbonyl (C=O) groups excluding carboxylic acids is 2. The minimum Gasteiger partial charge on any atom is -0.342 e. The molecule has 0 spiro atoms. The molecule has 0 aromatic heterocycles. The fourth-order valence-electron chi connectivity index (χ4n) is 3.59. The number of anilines is 1. The van der Waals surface area contributed by atoms with Gasteiger partial charge >= 0.3 is 0 Å². The summed E-state index contributed by atoms with van der Waals surface area (Å²) in [6.07, 6.45) is 0.847. The van der Waals surface area contributed by atoms with Gasteiger partial charge in [-0.25, -0.2) is 4.39 Å². The van der Waals surface area contributed by atoms with Crippen molar-refractivity contribution in [1.82, 2.24) is 4.90 Å². The largest absolute Gasteiger partial charge is 0.342 e. The smallest absolute Gasteiger partial charge is 0.229 e. The minimum atomic E-state index is -0.379. The van der Waals surface area contributed by atoms with Gasteiger partial charge in [0.15, 0.2) is 0 Å². The molecular formula is C25H23FN2O2S. The Morgan fingerprint density at radius 3 is 2.48 bits per heavy atom. The lowest BCUT2D eigenvalue weighted by molar-refractivity contribution is -0.128. The van der Waals surface area contributed by atoms with Crippen molar-refractivity contribution in [2.24, 2.45) is 5.92 Å². The van der Waals surface area contributed by atoms with Gasteiger partial charge in [-0.3, -0.25) is 9.59 Å². The van der Waals surface area contributed by atoms with Gasteiger partial charge in [0.1, 0.15) is 5.82 Å². The molecular weight excluding hydrogens is 411 g/mol. The number of amides is 2. The summed E-state index contributed by atoms with van der Waals surface area (Å²) in [5.41, 5.74) is 1.72. The Bertz CT molecular complexity index is 1060. The second kappa shape index (κ2) is 9.79. The third-order valence-electron chi connectivity index (χ3n) is 5.28. The molecule has 4 nitrogen and oxygen atoms in total. The highest BCUT2D eigenvalue weighted by atomic mass is 32.2. The van der Waals surface area contributed by atoms with Crippen molar-refractivity contribution >= 4 is 29.3 Å². The Morgan fingerprint density at radius 1 is 1.00 bits per heavy atom. The van der Waals surface area contributed by atoms with E-state index in [0.717, 1.165) is 21.0 Å². The molecule has 1 heterocycles. The van der Waals surface area contributed by atoms with Crippen LogP contribution in [-0.4, -0.2) is 29.8 Å². The van der Waals surface area contributed by atoms with Gasteiger partial charge in [-0.1, -0.05) is 54.2 Å². The predicted molar refractivity (Wildman–Crippen MR) is 120 cm³/mol. The highest BCUT2D eigenvalue weighted by Crippen LogP contribution is 2.33. The zero-order valence-corrected chi connectivity index (χ0v) is 17.8. The zero-order chi connectivity index (χ0) is 21.6. The number of halogens is 1. The van der Waals surface area contributed by atoms with Crippen LogP contribution >= 0.6 is 11.8 Å². The number of benzene rings is 3. The van der Waals surface area contributed by atoms with Crippen LogP contribution in [0, 0.1) is 11.7 Å². The Morgan fingerprint density at radius 2 is 1.71 bits per heavy atom. The van der Waals surface area contributed by atoms with Crippen LogP contribution in [0.2, 0.25) is 0 Å². The number of nitrogens with zero attached hydrogens (tertiary/aromatic N) is 1. The van der Waals surface area contributed by atoms with E-state index in [2.05, 4.69) is 5.32 Å². The predicted octanol–water partition coefficient (Wildman–Crippen LogP) is 5.01. The van der Waals surface area contributed by atoms with E-state index in [1.165, 1.54) is 12.1 Å². The minimum absolute atomic E-state index is 0.0193. The summed E-state index contributed by atoms with van der Waals surface area (Å²) in [4.78, 5) is 29.1. The molecule has 0 saturated carbocycles. The van der Waals surface area contributed by atoms with Crippen LogP contribution in [0.15, 0.2) is 88.7 Å². The summed E-state index contributed by atoms with van der Waals surface area (Å²) in [5, 5.41) is 3.01. The number of para-hydroxylation sites is 1. The Balaban J connectivity index is 1.36. The molecule has 2 amide bonds. The molecule has 3 aromatic rings. The van der Waals surface area contributed by atoms with Gasteiger partial charge in [0, 0.05) is 29.3 Å². The molecule has 1 atom stereocenters. The molecule has 1 saturated heterocycles. The van der Waals surface area contributed by atoms with E-state index in [0.29, 0.717) is 19.5 Å². The molecule has 1 fully saturated rings. The topological polar surface area (TPSA) is 49.4 Å². The van der Waals surface area contributed by atoms with Crippen LogP contribution in [-0.2, 0) is 16.0 Å². The average molecular weight is 435 g/mol. The number of nitrogens with one attached hydrogen (secondary N) is 1. The van der Waals surface area contributed by atoms with E-state index in [1.54, 1.807) is 28.8 Å². The number of carbonyl (C=O) groups is 2. The lowest BCUT2D eigenvalue weighted by atomic mass is 10.1. The summed E-state index contributed by atoms with van der Waals surface area (Å²) in [6.45, 7) is 0.925. The summed E-state index contributed by atoms with van der Waals surface area (Å²) in [6, 6.07) is 24.0. The van der Waals surface area contributed by atoms with E-state index in [4.69, 9.17) is 0 Å². The van der Waals surface area contributed by atoms with Crippen molar-refractivity contribution in [2.45, 2.75) is 22.6 Å². The lowest BCUT2D eigenvalue weighted by Gasteiger charge is -2.17. The van der Waals surface area contributed by atoms with Gasteiger partial charge in [-0.05, 0) is 48.4 Å². The van der Waals surface area contributed by atoms with Crippen molar-refractivity contribution in [1.29, 1.82) is 0 Å². The van der Waals surface area contributed by atoms with E-state index in [-0.39, 0.29) is 30.0 Å². The molecule has 3 aromatic carbocycles. The van der Waals surface area contributed by atoms with Crippen molar-refractivity contribution in [3.05, 3.63) is 90.2 Å². The molecule has 1 aliphatic rings. The van der Waals surface area contributed by atoms with Crippen molar-refractivity contribution in [3.8, 4) is 0 Å². The summed E-state index contributed by atoms with van der Waals surface area (Å²) >= 11 is 1.59. The molecule has 158 valence electrons. The first-order valence-electron chi connectivity index (χ1n) is 10.2. The Hall–Kier alpha value is -3.12. The van der Waals surface area contributed by atoms with Gasteiger partial charge in [-0.15, -0.1) is 0 Å². The monoisotopic (exact) mass is 434 g/mol. The van der Waals surface area contributed by atoms with Gasteiger partial charge in [0.05, 0.1) is 11.6 Å². The fourth-order valence-corrected chi connectivity index (χ4v) is 4.51. The van der Waals surface area contributed by atoms with Crippen LogP contribution in [0.5, 0.6) is 0 Å². The number of hydrogen-bond acceptors (Lipinski definition) is 3. The third-order valence-corrected chi connectivity index (χ3v) is 6.37.